The van der Waals surface area contributed by atoms with Crippen molar-refractivity contribution in [3.63, 3.8) is 0 Å². The molecule has 4 N–H and O–H groups in total. The predicted octanol–water partition coefficient (Wildman–Crippen LogP) is 3.74. The number of rotatable bonds is 8. The Balaban J connectivity index is 1.26. The molecule has 1 aliphatic heterocycles. The molecule has 9 heteroatoms. The Bertz CT molecular complexity index is 1370. The van der Waals surface area contributed by atoms with Gasteiger partial charge >= 0.3 is 0 Å². The highest BCUT2D eigenvalue weighted by Gasteiger charge is 2.15. The second-order valence-corrected chi connectivity index (χ2v) is 9.44. The highest BCUT2D eigenvalue weighted by atomic mass is 16.1. The Morgan fingerprint density at radius 3 is 2.55 bits per heavy atom. The third-order valence-corrected chi connectivity index (χ3v) is 6.67. The zero-order valence-electron chi connectivity index (χ0n) is 21.5. The quantitative estimate of drug-likeness (QED) is 0.330. The van der Waals surface area contributed by atoms with Gasteiger partial charge in [-0.05, 0) is 60.6 Å². The first-order chi connectivity index (χ1) is 18.6. The molecule has 0 saturated carbocycles. The topological polar surface area (TPSA) is 112 Å². The number of benzene rings is 2. The molecule has 2 aromatic heterocycles. The van der Waals surface area contributed by atoms with Crippen LogP contribution in [0.15, 0.2) is 79.3 Å². The number of piperazine rings is 1. The number of amides is 1. The summed E-state index contributed by atoms with van der Waals surface area (Å²) in [6, 6.07) is 19.1. The molecular weight excluding hydrogens is 476 g/mol. The molecule has 0 atom stereocenters. The minimum absolute atomic E-state index is 0.169. The fourth-order valence-electron chi connectivity index (χ4n) is 4.39. The molecule has 1 saturated heterocycles. The molecule has 1 fully saturated rings. The van der Waals surface area contributed by atoms with E-state index in [1.54, 1.807) is 18.6 Å². The minimum atomic E-state index is -0.169. The van der Waals surface area contributed by atoms with Gasteiger partial charge in [0.2, 0.25) is 5.95 Å². The van der Waals surface area contributed by atoms with E-state index in [1.165, 1.54) is 5.56 Å². The van der Waals surface area contributed by atoms with E-state index in [-0.39, 0.29) is 5.91 Å². The van der Waals surface area contributed by atoms with Crippen molar-refractivity contribution in [2.75, 3.05) is 43.9 Å². The molecule has 0 spiro atoms. The summed E-state index contributed by atoms with van der Waals surface area (Å²) < 4.78 is 0. The van der Waals surface area contributed by atoms with Crippen LogP contribution in [0.25, 0.3) is 11.3 Å². The molecule has 3 heterocycles. The number of nitrogens with two attached hydrogens (primary N) is 1. The monoisotopic (exact) mass is 508 g/mol. The molecule has 0 aliphatic carbocycles. The van der Waals surface area contributed by atoms with Crippen LogP contribution in [0.1, 0.15) is 21.5 Å². The van der Waals surface area contributed by atoms with E-state index in [4.69, 9.17) is 5.73 Å². The normalized spacial score (nSPS) is 14.3. The minimum Gasteiger partial charge on any atom is -0.326 e. The zero-order valence-corrected chi connectivity index (χ0v) is 21.5. The maximum absolute atomic E-state index is 13.0. The molecule has 0 bridgehead atoms. The molecule has 38 heavy (non-hydrogen) atoms. The van der Waals surface area contributed by atoms with Crippen LogP contribution in [0, 0.1) is 0 Å². The fourth-order valence-corrected chi connectivity index (χ4v) is 4.39. The van der Waals surface area contributed by atoms with Crippen molar-refractivity contribution in [1.82, 2.24) is 24.8 Å². The fraction of sp³-hybridized carbons (Fsp3) is 0.241. The van der Waals surface area contributed by atoms with Crippen molar-refractivity contribution in [2.24, 2.45) is 5.73 Å². The van der Waals surface area contributed by atoms with Crippen LogP contribution in [0.5, 0.6) is 0 Å². The lowest BCUT2D eigenvalue weighted by atomic mass is 10.1. The number of aromatic nitrogens is 3. The van der Waals surface area contributed by atoms with Crippen LogP contribution >= 0.6 is 0 Å². The smallest absolute Gasteiger partial charge is 0.255 e. The van der Waals surface area contributed by atoms with Crippen LogP contribution in [0.3, 0.4) is 0 Å². The standard InChI is InChI=1S/C29H32N8O/c1-36-13-15-37(16-14-36)20-21-4-6-22(7-5-21)28(38)33-25-9-8-23(18-30)27(17-25)35-29-32-12-10-26(34-29)24-3-2-11-31-19-24/h2-12,17,19H,13-16,18,20,30H2,1H3,(H,33,38)(H,32,34,35). The van der Waals surface area contributed by atoms with Crippen LogP contribution < -0.4 is 16.4 Å². The van der Waals surface area contributed by atoms with E-state index in [0.29, 0.717) is 23.7 Å². The largest absolute Gasteiger partial charge is 0.326 e. The predicted molar refractivity (Wildman–Crippen MR) is 150 cm³/mol. The van der Waals surface area contributed by atoms with Crippen molar-refractivity contribution in [1.29, 1.82) is 0 Å². The van der Waals surface area contributed by atoms with E-state index in [1.807, 2.05) is 60.7 Å². The zero-order chi connectivity index (χ0) is 26.3. The van der Waals surface area contributed by atoms with Gasteiger partial charge in [-0.25, -0.2) is 9.97 Å². The van der Waals surface area contributed by atoms with E-state index in [0.717, 1.165) is 55.2 Å². The van der Waals surface area contributed by atoms with Crippen LogP contribution in [0.4, 0.5) is 17.3 Å². The van der Waals surface area contributed by atoms with Gasteiger partial charge in [-0.15, -0.1) is 0 Å². The molecule has 0 radical (unpaired) electrons. The Kier molecular flexibility index (Phi) is 7.98. The van der Waals surface area contributed by atoms with Gasteiger partial charge in [0.25, 0.3) is 5.91 Å². The highest BCUT2D eigenvalue weighted by molar-refractivity contribution is 6.04. The van der Waals surface area contributed by atoms with Crippen LogP contribution in [0.2, 0.25) is 0 Å². The summed E-state index contributed by atoms with van der Waals surface area (Å²) in [5, 5.41) is 6.25. The van der Waals surface area contributed by atoms with Gasteiger partial charge in [0.1, 0.15) is 0 Å². The third kappa shape index (κ3) is 6.38. The second kappa shape index (κ2) is 11.9. The average molecular weight is 509 g/mol. The molecule has 4 aromatic rings. The number of nitrogens with zero attached hydrogens (tertiary/aromatic N) is 5. The van der Waals surface area contributed by atoms with Crippen LogP contribution in [-0.2, 0) is 13.1 Å². The number of likely N-dealkylation sites (N-methyl/N-ethyl adjacent to an activating group) is 1. The number of carbonyl (C=O) groups excluding carboxylic acids is 1. The highest BCUT2D eigenvalue weighted by Crippen LogP contribution is 2.25. The number of hydrogen-bond donors (Lipinski definition) is 3. The number of hydrogen-bond acceptors (Lipinski definition) is 8. The Hall–Kier alpha value is -4.18. The molecule has 0 unspecified atom stereocenters. The van der Waals surface area contributed by atoms with E-state index in [9.17, 15) is 4.79 Å². The molecular formula is C29H32N8O. The van der Waals surface area contributed by atoms with Gasteiger partial charge < -0.3 is 21.3 Å². The lowest BCUT2D eigenvalue weighted by molar-refractivity contribution is 0.102. The lowest BCUT2D eigenvalue weighted by Crippen LogP contribution is -2.43. The summed E-state index contributed by atoms with van der Waals surface area (Å²) in [7, 11) is 2.16. The summed E-state index contributed by atoms with van der Waals surface area (Å²) in [6.45, 7) is 5.52. The van der Waals surface area contributed by atoms with Gasteiger partial charge in [0.05, 0.1) is 5.69 Å². The number of carbonyl (C=O) groups is 1. The van der Waals surface area contributed by atoms with Gasteiger partial charge in [-0.1, -0.05) is 18.2 Å². The van der Waals surface area contributed by atoms with Crippen molar-refractivity contribution in [3.8, 4) is 11.3 Å². The van der Waals surface area contributed by atoms with E-state index < -0.39 is 0 Å². The summed E-state index contributed by atoms with van der Waals surface area (Å²) in [5.74, 6) is 0.262. The van der Waals surface area contributed by atoms with Crippen molar-refractivity contribution < 1.29 is 4.79 Å². The Morgan fingerprint density at radius 1 is 1.00 bits per heavy atom. The SMILES string of the molecule is CN1CCN(Cc2ccc(C(=O)Nc3ccc(CN)c(Nc4nccc(-c5cccnc5)n4)c3)cc2)CC1. The maximum Gasteiger partial charge on any atom is 0.255 e. The summed E-state index contributed by atoms with van der Waals surface area (Å²) in [6.07, 6.45) is 5.17. The summed E-state index contributed by atoms with van der Waals surface area (Å²) in [5.41, 5.74) is 11.7. The van der Waals surface area contributed by atoms with Gasteiger partial charge in [0.15, 0.2) is 0 Å². The molecule has 1 aliphatic rings. The van der Waals surface area contributed by atoms with E-state index >= 15 is 0 Å². The second-order valence-electron chi connectivity index (χ2n) is 9.44. The molecule has 2 aromatic carbocycles. The summed E-state index contributed by atoms with van der Waals surface area (Å²) >= 11 is 0. The molecule has 1 amide bonds. The number of nitrogens with one attached hydrogen (secondary N) is 2. The lowest BCUT2D eigenvalue weighted by Gasteiger charge is -2.32. The number of pyridine rings is 1. The molecule has 194 valence electrons. The van der Waals surface area contributed by atoms with E-state index in [2.05, 4.69) is 42.4 Å². The van der Waals surface area contributed by atoms with Gasteiger partial charge in [-0.2, -0.15) is 0 Å². The third-order valence-electron chi connectivity index (χ3n) is 6.67. The van der Waals surface area contributed by atoms with Crippen LogP contribution in [-0.4, -0.2) is 63.9 Å². The molecule has 5 rings (SSSR count). The first-order valence-electron chi connectivity index (χ1n) is 12.7. The van der Waals surface area contributed by atoms with Crippen molar-refractivity contribution in [2.45, 2.75) is 13.1 Å². The van der Waals surface area contributed by atoms with Crippen molar-refractivity contribution in [3.05, 3.63) is 95.9 Å². The van der Waals surface area contributed by atoms with Gasteiger partial charge in [0, 0.05) is 80.4 Å². The first kappa shape index (κ1) is 25.5. The Morgan fingerprint density at radius 2 is 1.82 bits per heavy atom. The number of anilines is 3. The maximum atomic E-state index is 13.0. The first-order valence-corrected chi connectivity index (χ1v) is 12.7. The summed E-state index contributed by atoms with van der Waals surface area (Å²) in [4.78, 5) is 30.9. The molecule has 9 nitrogen and oxygen atoms in total. The Labute approximate surface area is 222 Å². The average Bonchev–Trinajstić information content (AvgIpc) is 2.95. The van der Waals surface area contributed by atoms with Crippen molar-refractivity contribution >= 4 is 23.2 Å². The van der Waals surface area contributed by atoms with Gasteiger partial charge in [-0.3, -0.25) is 14.7 Å².